The van der Waals surface area contributed by atoms with Crippen LogP contribution in [0.1, 0.15) is 12.5 Å². The van der Waals surface area contributed by atoms with Crippen molar-refractivity contribution in [2.24, 2.45) is 5.92 Å². The highest BCUT2D eigenvalue weighted by molar-refractivity contribution is 4.87. The fraction of sp³-hybridized carbons (Fsp3) is 0.800. The Balaban J connectivity index is 1.45. The van der Waals surface area contributed by atoms with E-state index >= 15 is 0 Å². The first-order valence-corrected chi connectivity index (χ1v) is 5.58. The predicted molar refractivity (Wildman–Crippen MR) is 54.4 cm³/mol. The number of rotatable bonds is 3. The number of hydrogen-bond donors (Lipinski definition) is 0. The zero-order chi connectivity index (χ0) is 10.1. The molecule has 1 atom stereocenters. The normalized spacial score (nSPS) is 28.1. The third-order valence-electron chi connectivity index (χ3n) is 3.29. The molecule has 0 saturated carbocycles. The van der Waals surface area contributed by atoms with E-state index in [2.05, 4.69) is 15.2 Å². The Hall–Kier alpha value is -0.940. The van der Waals surface area contributed by atoms with Gasteiger partial charge < -0.3 is 4.74 Å². The van der Waals surface area contributed by atoms with E-state index in [1.54, 1.807) is 6.20 Å². The fourth-order valence-electron chi connectivity index (χ4n) is 2.36. The Labute approximate surface area is 89.0 Å². The summed E-state index contributed by atoms with van der Waals surface area (Å²) in [5.74, 6) is 0.752. The lowest BCUT2D eigenvalue weighted by Crippen LogP contribution is -2.49. The van der Waals surface area contributed by atoms with Crippen molar-refractivity contribution in [3.05, 3.63) is 12.4 Å². The summed E-state index contributed by atoms with van der Waals surface area (Å²) >= 11 is 0. The van der Waals surface area contributed by atoms with Gasteiger partial charge in [-0.1, -0.05) is 5.21 Å². The summed E-state index contributed by atoms with van der Waals surface area (Å²) in [4.78, 5) is 2.48. The molecule has 0 radical (unpaired) electrons. The van der Waals surface area contributed by atoms with Crippen LogP contribution in [0.5, 0.6) is 0 Å². The molecule has 3 heterocycles. The Bertz CT molecular complexity index is 301. The van der Waals surface area contributed by atoms with Crippen LogP contribution in [-0.4, -0.2) is 52.7 Å². The lowest BCUT2D eigenvalue weighted by atomic mass is 10.0. The average molecular weight is 208 g/mol. The number of ether oxygens (including phenoxy) is 1. The van der Waals surface area contributed by atoms with Crippen LogP contribution in [0, 0.1) is 5.92 Å². The molecule has 1 aromatic rings. The predicted octanol–water partition coefficient (Wildman–Crippen LogP) is 0.171. The first-order valence-electron chi connectivity index (χ1n) is 5.58. The number of nitrogens with zero attached hydrogens (tertiary/aromatic N) is 4. The van der Waals surface area contributed by atoms with Crippen LogP contribution in [0.25, 0.3) is 0 Å². The Morgan fingerprint density at radius 2 is 2.33 bits per heavy atom. The van der Waals surface area contributed by atoms with Gasteiger partial charge in [0.1, 0.15) is 0 Å². The molecule has 0 amide bonds. The minimum Gasteiger partial charge on any atom is -0.381 e. The van der Waals surface area contributed by atoms with Crippen molar-refractivity contribution in [1.82, 2.24) is 19.9 Å². The third kappa shape index (κ3) is 1.89. The van der Waals surface area contributed by atoms with Gasteiger partial charge in [-0.25, -0.2) is 4.68 Å². The van der Waals surface area contributed by atoms with Gasteiger partial charge in [0.2, 0.25) is 0 Å². The summed E-state index contributed by atoms with van der Waals surface area (Å²) in [7, 11) is 0. The zero-order valence-electron chi connectivity index (χ0n) is 8.75. The van der Waals surface area contributed by atoms with Crippen molar-refractivity contribution in [1.29, 1.82) is 0 Å². The van der Waals surface area contributed by atoms with Gasteiger partial charge >= 0.3 is 0 Å². The van der Waals surface area contributed by atoms with E-state index in [1.165, 1.54) is 13.0 Å². The summed E-state index contributed by atoms with van der Waals surface area (Å²) in [5.41, 5.74) is 0. The molecule has 15 heavy (non-hydrogen) atoms. The summed E-state index contributed by atoms with van der Waals surface area (Å²) in [5, 5.41) is 7.85. The van der Waals surface area contributed by atoms with Crippen LogP contribution in [0.2, 0.25) is 0 Å². The number of likely N-dealkylation sites (tertiary alicyclic amines) is 1. The molecule has 0 aromatic carbocycles. The van der Waals surface area contributed by atoms with Gasteiger partial charge in [-0.15, -0.1) is 5.10 Å². The first-order chi connectivity index (χ1) is 7.42. The van der Waals surface area contributed by atoms with Gasteiger partial charge in [-0.2, -0.15) is 0 Å². The largest absolute Gasteiger partial charge is 0.381 e. The van der Waals surface area contributed by atoms with Crippen LogP contribution >= 0.6 is 0 Å². The van der Waals surface area contributed by atoms with Crippen LogP contribution in [-0.2, 0) is 4.74 Å². The van der Waals surface area contributed by atoms with Gasteiger partial charge in [0.15, 0.2) is 0 Å². The smallest absolute Gasteiger partial charge is 0.0790 e. The van der Waals surface area contributed by atoms with E-state index in [0.29, 0.717) is 6.04 Å². The molecule has 0 aliphatic carbocycles. The lowest BCUT2D eigenvalue weighted by Gasteiger charge is -2.40. The van der Waals surface area contributed by atoms with Crippen molar-refractivity contribution >= 4 is 0 Å². The summed E-state index contributed by atoms with van der Waals surface area (Å²) in [6, 6.07) is 0.537. The maximum Gasteiger partial charge on any atom is 0.0790 e. The molecule has 3 rings (SSSR count). The molecule has 0 spiro atoms. The minimum absolute atomic E-state index is 0.537. The molecule has 0 bridgehead atoms. The second-order valence-electron chi connectivity index (χ2n) is 4.49. The SMILES string of the molecule is c1cn(C2CN(CC3CCOC3)C2)nn1. The topological polar surface area (TPSA) is 43.2 Å². The molecule has 5 heteroatoms. The third-order valence-corrected chi connectivity index (χ3v) is 3.29. The van der Waals surface area contributed by atoms with Gasteiger partial charge in [-0.05, 0) is 12.3 Å². The highest BCUT2D eigenvalue weighted by Crippen LogP contribution is 2.23. The monoisotopic (exact) mass is 208 g/mol. The van der Waals surface area contributed by atoms with E-state index in [4.69, 9.17) is 4.74 Å². The molecule has 5 nitrogen and oxygen atoms in total. The molecule has 1 unspecified atom stereocenters. The van der Waals surface area contributed by atoms with Crippen LogP contribution in [0.4, 0.5) is 0 Å². The summed E-state index contributed by atoms with van der Waals surface area (Å²) < 4.78 is 7.33. The van der Waals surface area contributed by atoms with Crippen LogP contribution in [0.3, 0.4) is 0 Å². The lowest BCUT2D eigenvalue weighted by molar-refractivity contribution is 0.0748. The van der Waals surface area contributed by atoms with Crippen molar-refractivity contribution in [2.45, 2.75) is 12.5 Å². The van der Waals surface area contributed by atoms with E-state index in [0.717, 1.165) is 32.2 Å². The highest BCUT2D eigenvalue weighted by Gasteiger charge is 2.31. The molecule has 1 aromatic heterocycles. The fourth-order valence-corrected chi connectivity index (χ4v) is 2.36. The Morgan fingerprint density at radius 1 is 1.40 bits per heavy atom. The number of hydrogen-bond acceptors (Lipinski definition) is 4. The van der Waals surface area contributed by atoms with Crippen LogP contribution < -0.4 is 0 Å². The van der Waals surface area contributed by atoms with Gasteiger partial charge in [0, 0.05) is 32.4 Å². The second kappa shape index (κ2) is 3.90. The second-order valence-corrected chi connectivity index (χ2v) is 4.49. The quantitative estimate of drug-likeness (QED) is 0.710. The molecule has 2 fully saturated rings. The first kappa shape index (κ1) is 9.30. The average Bonchev–Trinajstić information content (AvgIpc) is 2.83. The molecule has 82 valence electrons. The van der Waals surface area contributed by atoms with Crippen molar-refractivity contribution in [2.75, 3.05) is 32.8 Å². The van der Waals surface area contributed by atoms with Gasteiger partial charge in [-0.3, -0.25) is 4.90 Å². The molecule has 0 N–H and O–H groups in total. The van der Waals surface area contributed by atoms with E-state index in [9.17, 15) is 0 Å². The van der Waals surface area contributed by atoms with Crippen molar-refractivity contribution in [3.8, 4) is 0 Å². The van der Waals surface area contributed by atoms with Crippen molar-refractivity contribution in [3.63, 3.8) is 0 Å². The zero-order valence-corrected chi connectivity index (χ0v) is 8.75. The van der Waals surface area contributed by atoms with Gasteiger partial charge in [0.25, 0.3) is 0 Å². The number of aromatic nitrogens is 3. The molecule has 2 saturated heterocycles. The summed E-state index contributed by atoms with van der Waals surface area (Å²) in [6.45, 7) is 5.31. The maximum atomic E-state index is 5.37. The van der Waals surface area contributed by atoms with E-state index in [-0.39, 0.29) is 0 Å². The summed E-state index contributed by atoms with van der Waals surface area (Å²) in [6.07, 6.45) is 4.92. The van der Waals surface area contributed by atoms with E-state index in [1.807, 2.05) is 10.9 Å². The Kier molecular flexibility index (Phi) is 2.42. The van der Waals surface area contributed by atoms with Crippen molar-refractivity contribution < 1.29 is 4.74 Å². The standard InChI is InChI=1S/C10H16N4O/c1-4-15-8-9(1)5-13-6-10(7-13)14-3-2-11-12-14/h2-3,9-10H,1,4-8H2. The molecule has 2 aliphatic heterocycles. The molecular weight excluding hydrogens is 192 g/mol. The van der Waals surface area contributed by atoms with Crippen LogP contribution in [0.15, 0.2) is 12.4 Å². The molecule has 2 aliphatic rings. The minimum atomic E-state index is 0.537. The van der Waals surface area contributed by atoms with E-state index < -0.39 is 0 Å². The highest BCUT2D eigenvalue weighted by atomic mass is 16.5. The maximum absolute atomic E-state index is 5.37. The van der Waals surface area contributed by atoms with Gasteiger partial charge in [0.05, 0.1) is 18.8 Å². The Morgan fingerprint density at radius 3 is 3.00 bits per heavy atom. The molecular formula is C10H16N4O.